The van der Waals surface area contributed by atoms with Crippen LogP contribution in [0.25, 0.3) is 0 Å². The molecule has 0 aliphatic heterocycles. The van der Waals surface area contributed by atoms with Crippen molar-refractivity contribution in [2.75, 3.05) is 30.1 Å². The fourth-order valence-corrected chi connectivity index (χ4v) is 3.67. The van der Waals surface area contributed by atoms with Crippen LogP contribution in [0, 0.1) is 0 Å². The van der Waals surface area contributed by atoms with Gasteiger partial charge in [0.1, 0.15) is 17.5 Å². The second-order valence-electron chi connectivity index (χ2n) is 5.66. The van der Waals surface area contributed by atoms with Crippen molar-refractivity contribution in [3.8, 4) is 11.5 Å². The number of carbonyl (C=O) groups is 1. The lowest BCUT2D eigenvalue weighted by molar-refractivity contribution is -0.116. The van der Waals surface area contributed by atoms with Gasteiger partial charge in [0.15, 0.2) is 0 Å². The van der Waals surface area contributed by atoms with Gasteiger partial charge >= 0.3 is 0 Å². The van der Waals surface area contributed by atoms with E-state index in [1.807, 2.05) is 0 Å². The summed E-state index contributed by atoms with van der Waals surface area (Å²) in [6.45, 7) is 1.52. The van der Waals surface area contributed by atoms with Crippen molar-refractivity contribution in [3.63, 3.8) is 0 Å². The van der Waals surface area contributed by atoms with Crippen molar-refractivity contribution in [1.29, 1.82) is 0 Å². The van der Waals surface area contributed by atoms with E-state index in [9.17, 15) is 13.2 Å². The maximum Gasteiger partial charge on any atom is 0.247 e. The van der Waals surface area contributed by atoms with Gasteiger partial charge in [-0.15, -0.1) is 0 Å². The molecule has 0 heterocycles. The molecule has 0 radical (unpaired) electrons. The molecule has 1 N–H and O–H groups in total. The normalized spacial score (nSPS) is 12.2. The summed E-state index contributed by atoms with van der Waals surface area (Å²) in [5, 5.41) is 2.71. The first-order valence-corrected chi connectivity index (χ1v) is 9.69. The zero-order valence-corrected chi connectivity index (χ0v) is 15.9. The fraction of sp³-hybridized carbons (Fsp3) is 0.278. The number of nitrogens with one attached hydrogen (secondary N) is 1. The van der Waals surface area contributed by atoms with Gasteiger partial charge < -0.3 is 14.8 Å². The van der Waals surface area contributed by atoms with Crippen molar-refractivity contribution >= 4 is 27.3 Å². The predicted molar refractivity (Wildman–Crippen MR) is 101 cm³/mol. The second-order valence-corrected chi connectivity index (χ2v) is 7.52. The Morgan fingerprint density at radius 3 is 2.19 bits per heavy atom. The molecule has 1 amide bonds. The summed E-state index contributed by atoms with van der Waals surface area (Å²) in [4.78, 5) is 12.6. The summed E-state index contributed by atoms with van der Waals surface area (Å²) in [6.07, 6.45) is 1.06. The molecule has 8 heteroatoms. The highest BCUT2D eigenvalue weighted by Crippen LogP contribution is 2.26. The molecule has 0 spiro atoms. The van der Waals surface area contributed by atoms with E-state index < -0.39 is 22.0 Å². The topological polar surface area (TPSA) is 84.9 Å². The molecule has 0 saturated heterocycles. The van der Waals surface area contributed by atoms with Crippen LogP contribution in [0.3, 0.4) is 0 Å². The molecule has 2 aromatic carbocycles. The van der Waals surface area contributed by atoms with Crippen LogP contribution in [0.15, 0.2) is 48.5 Å². The number of anilines is 2. The van der Waals surface area contributed by atoms with E-state index in [2.05, 4.69) is 5.32 Å². The minimum Gasteiger partial charge on any atom is -0.497 e. The van der Waals surface area contributed by atoms with Crippen LogP contribution in [-0.2, 0) is 14.8 Å². The number of benzene rings is 2. The summed E-state index contributed by atoms with van der Waals surface area (Å²) in [7, 11) is -0.686. The first-order valence-electron chi connectivity index (χ1n) is 7.84. The number of methoxy groups -OCH3 is 2. The Bertz CT molecular complexity index is 883. The maximum atomic E-state index is 12.6. The number of ether oxygens (including phenoxy) is 2. The van der Waals surface area contributed by atoms with Crippen molar-refractivity contribution in [1.82, 2.24) is 0 Å². The number of carbonyl (C=O) groups excluding carboxylic acids is 1. The Hall–Kier alpha value is -2.74. The quantitative estimate of drug-likeness (QED) is 0.800. The first-order chi connectivity index (χ1) is 12.3. The highest BCUT2D eigenvalue weighted by molar-refractivity contribution is 7.92. The molecule has 0 saturated carbocycles. The van der Waals surface area contributed by atoms with Crippen LogP contribution in [0.2, 0.25) is 0 Å². The summed E-state index contributed by atoms with van der Waals surface area (Å²) >= 11 is 0. The molecule has 0 bridgehead atoms. The largest absolute Gasteiger partial charge is 0.497 e. The highest BCUT2D eigenvalue weighted by Gasteiger charge is 2.29. The maximum absolute atomic E-state index is 12.6. The van der Waals surface area contributed by atoms with Crippen molar-refractivity contribution in [2.24, 2.45) is 0 Å². The minimum atomic E-state index is -3.70. The molecule has 7 nitrogen and oxygen atoms in total. The molecular formula is C18H22N2O5S. The summed E-state index contributed by atoms with van der Waals surface area (Å²) in [5.74, 6) is 0.617. The molecule has 0 aliphatic carbocycles. The smallest absolute Gasteiger partial charge is 0.247 e. The molecule has 1 atom stereocenters. The Labute approximate surface area is 153 Å². The van der Waals surface area contributed by atoms with Crippen LogP contribution in [-0.4, -0.2) is 40.8 Å². The number of hydrogen-bond donors (Lipinski definition) is 1. The lowest BCUT2D eigenvalue weighted by atomic mass is 10.2. The Morgan fingerprint density at radius 2 is 1.62 bits per heavy atom. The zero-order chi connectivity index (χ0) is 19.3. The van der Waals surface area contributed by atoms with Crippen LogP contribution in [0.5, 0.6) is 11.5 Å². The standard InChI is InChI=1S/C18H22N2O5S/c1-13(18(21)19-14-7-5-9-16(11-14)24-2)20(26(4,22)23)15-8-6-10-17(12-15)25-3/h5-13H,1-4H3,(H,19,21). The molecule has 0 fully saturated rings. The van der Waals surface area contributed by atoms with Crippen molar-refractivity contribution < 1.29 is 22.7 Å². The first kappa shape index (κ1) is 19.6. The molecule has 0 aliphatic rings. The number of nitrogens with zero attached hydrogens (tertiary/aromatic N) is 1. The average Bonchev–Trinajstić information content (AvgIpc) is 2.61. The van der Waals surface area contributed by atoms with Crippen LogP contribution in [0.1, 0.15) is 6.92 Å². The van der Waals surface area contributed by atoms with Gasteiger partial charge in [-0.3, -0.25) is 9.10 Å². The lowest BCUT2D eigenvalue weighted by Gasteiger charge is -2.28. The Balaban J connectivity index is 2.31. The van der Waals surface area contributed by atoms with Crippen LogP contribution < -0.4 is 19.1 Å². The summed E-state index contributed by atoms with van der Waals surface area (Å²) in [5.41, 5.74) is 0.862. The van der Waals surface area contributed by atoms with Gasteiger partial charge in [0.05, 0.1) is 26.2 Å². The Kier molecular flexibility index (Phi) is 6.10. The predicted octanol–water partition coefficient (Wildman–Crippen LogP) is 2.50. The molecule has 1 unspecified atom stereocenters. The molecule has 140 valence electrons. The number of rotatable bonds is 7. The minimum absolute atomic E-state index is 0.347. The van der Waals surface area contributed by atoms with Crippen molar-refractivity contribution in [2.45, 2.75) is 13.0 Å². The average molecular weight is 378 g/mol. The molecule has 2 rings (SSSR count). The van der Waals surface area contributed by atoms with E-state index in [-0.39, 0.29) is 0 Å². The SMILES string of the molecule is COc1cccc(NC(=O)C(C)N(c2cccc(OC)c2)S(C)(=O)=O)c1. The van der Waals surface area contributed by atoms with E-state index >= 15 is 0 Å². The van der Waals surface area contributed by atoms with E-state index in [1.54, 1.807) is 48.5 Å². The fourth-order valence-electron chi connectivity index (χ4n) is 2.50. The molecule has 2 aromatic rings. The van der Waals surface area contributed by atoms with E-state index in [0.29, 0.717) is 22.9 Å². The second kappa shape index (κ2) is 8.09. The van der Waals surface area contributed by atoms with Gasteiger partial charge in [0.25, 0.3) is 0 Å². The van der Waals surface area contributed by atoms with E-state index in [4.69, 9.17) is 9.47 Å². The third kappa shape index (κ3) is 4.66. The van der Waals surface area contributed by atoms with Gasteiger partial charge in [-0.05, 0) is 31.2 Å². The van der Waals surface area contributed by atoms with Gasteiger partial charge in [0, 0.05) is 17.8 Å². The van der Waals surface area contributed by atoms with Gasteiger partial charge in [-0.1, -0.05) is 12.1 Å². The van der Waals surface area contributed by atoms with Crippen LogP contribution in [0.4, 0.5) is 11.4 Å². The number of hydrogen-bond acceptors (Lipinski definition) is 5. The monoisotopic (exact) mass is 378 g/mol. The zero-order valence-electron chi connectivity index (χ0n) is 15.1. The number of sulfonamides is 1. The van der Waals surface area contributed by atoms with Crippen LogP contribution >= 0.6 is 0 Å². The van der Waals surface area contributed by atoms with Gasteiger partial charge in [-0.2, -0.15) is 0 Å². The van der Waals surface area contributed by atoms with E-state index in [1.165, 1.54) is 21.1 Å². The Morgan fingerprint density at radius 1 is 1.04 bits per heavy atom. The summed E-state index contributed by atoms with van der Waals surface area (Å²) < 4.78 is 36.0. The van der Waals surface area contributed by atoms with E-state index in [0.717, 1.165) is 10.6 Å². The van der Waals surface area contributed by atoms with Crippen molar-refractivity contribution in [3.05, 3.63) is 48.5 Å². The molecule has 0 aromatic heterocycles. The lowest BCUT2D eigenvalue weighted by Crippen LogP contribution is -2.45. The highest BCUT2D eigenvalue weighted by atomic mass is 32.2. The molecular weight excluding hydrogens is 356 g/mol. The third-order valence-corrected chi connectivity index (χ3v) is 4.98. The summed E-state index contributed by atoms with van der Waals surface area (Å²) in [6, 6.07) is 12.4. The number of amides is 1. The molecule has 26 heavy (non-hydrogen) atoms. The third-order valence-electron chi connectivity index (χ3n) is 3.73. The van der Waals surface area contributed by atoms with Gasteiger partial charge in [-0.25, -0.2) is 8.42 Å². The van der Waals surface area contributed by atoms with Gasteiger partial charge in [0.2, 0.25) is 15.9 Å².